The molecular formula is C28H31ClN4O2S. The van der Waals surface area contributed by atoms with E-state index in [1.807, 2.05) is 30.3 Å². The Hall–Kier alpha value is -3.13. The maximum absolute atomic E-state index is 12.5. The number of thiocarbonyl (C=S) groups is 1. The molecule has 0 saturated carbocycles. The fourth-order valence-corrected chi connectivity index (χ4v) is 4.45. The number of amides is 1. The van der Waals surface area contributed by atoms with E-state index < -0.39 is 0 Å². The van der Waals surface area contributed by atoms with Gasteiger partial charge in [-0.1, -0.05) is 36.7 Å². The Kier molecular flexibility index (Phi) is 9.17. The molecule has 1 heterocycles. The van der Waals surface area contributed by atoms with Gasteiger partial charge in [-0.15, -0.1) is 0 Å². The molecule has 8 heteroatoms. The second-order valence-electron chi connectivity index (χ2n) is 8.68. The lowest BCUT2D eigenvalue weighted by Gasteiger charge is -2.36. The molecule has 1 aliphatic rings. The second-order valence-corrected chi connectivity index (χ2v) is 9.50. The highest BCUT2D eigenvalue weighted by Crippen LogP contribution is 2.22. The predicted octanol–water partition coefficient (Wildman–Crippen LogP) is 5.58. The van der Waals surface area contributed by atoms with Gasteiger partial charge >= 0.3 is 0 Å². The van der Waals surface area contributed by atoms with Crippen LogP contribution in [-0.2, 0) is 6.54 Å². The Labute approximate surface area is 223 Å². The van der Waals surface area contributed by atoms with E-state index >= 15 is 0 Å². The van der Waals surface area contributed by atoms with Crippen LogP contribution in [0.25, 0.3) is 0 Å². The average Bonchev–Trinajstić information content (AvgIpc) is 2.90. The first-order chi connectivity index (χ1) is 17.5. The zero-order valence-electron chi connectivity index (χ0n) is 20.4. The molecule has 3 aromatic carbocycles. The topological polar surface area (TPSA) is 56.8 Å². The van der Waals surface area contributed by atoms with Crippen LogP contribution in [0, 0.1) is 0 Å². The number of anilines is 2. The summed E-state index contributed by atoms with van der Waals surface area (Å²) < 4.78 is 5.56. The molecule has 6 nitrogen and oxygen atoms in total. The number of ether oxygens (including phenoxy) is 1. The van der Waals surface area contributed by atoms with E-state index in [0.717, 1.165) is 55.6 Å². The molecule has 2 N–H and O–H groups in total. The number of hydrogen-bond acceptors (Lipinski definition) is 5. The SMILES string of the molecule is CCCOc1ccc(C(=O)NC(=S)Nc2ccc(N3CCN(Cc4ccccc4Cl)CC3)cc2)cc1. The van der Waals surface area contributed by atoms with Crippen molar-refractivity contribution in [3.05, 3.63) is 88.9 Å². The van der Waals surface area contributed by atoms with Gasteiger partial charge in [0.05, 0.1) is 6.61 Å². The minimum atomic E-state index is -0.263. The first-order valence-corrected chi connectivity index (χ1v) is 13.0. The van der Waals surface area contributed by atoms with Crippen LogP contribution in [0.3, 0.4) is 0 Å². The lowest BCUT2D eigenvalue weighted by atomic mass is 10.2. The summed E-state index contributed by atoms with van der Waals surface area (Å²) in [7, 11) is 0. The maximum atomic E-state index is 12.5. The highest BCUT2D eigenvalue weighted by molar-refractivity contribution is 7.80. The van der Waals surface area contributed by atoms with Gasteiger partial charge in [0.25, 0.3) is 5.91 Å². The zero-order chi connectivity index (χ0) is 25.3. The molecule has 1 fully saturated rings. The van der Waals surface area contributed by atoms with Crippen LogP contribution in [-0.4, -0.2) is 48.7 Å². The van der Waals surface area contributed by atoms with Crippen LogP contribution in [0.15, 0.2) is 72.8 Å². The van der Waals surface area contributed by atoms with Crippen molar-refractivity contribution in [1.82, 2.24) is 10.2 Å². The van der Waals surface area contributed by atoms with Gasteiger partial charge in [-0.25, -0.2) is 0 Å². The van der Waals surface area contributed by atoms with E-state index in [9.17, 15) is 4.79 Å². The van der Waals surface area contributed by atoms with Crippen molar-refractivity contribution in [3.63, 3.8) is 0 Å². The van der Waals surface area contributed by atoms with Gasteiger partial charge in [0.15, 0.2) is 5.11 Å². The quantitative estimate of drug-likeness (QED) is 0.377. The number of nitrogens with one attached hydrogen (secondary N) is 2. The Balaban J connectivity index is 1.23. The Morgan fingerprint density at radius 2 is 1.67 bits per heavy atom. The van der Waals surface area contributed by atoms with Crippen LogP contribution in [0.5, 0.6) is 5.75 Å². The number of rotatable bonds is 8. The minimum Gasteiger partial charge on any atom is -0.494 e. The van der Waals surface area contributed by atoms with E-state index in [4.69, 9.17) is 28.6 Å². The van der Waals surface area contributed by atoms with Crippen molar-refractivity contribution in [2.24, 2.45) is 0 Å². The molecule has 0 spiro atoms. The minimum absolute atomic E-state index is 0.257. The van der Waals surface area contributed by atoms with Gasteiger partial charge in [0.2, 0.25) is 0 Å². The molecule has 0 bridgehead atoms. The molecule has 0 atom stereocenters. The lowest BCUT2D eigenvalue weighted by Crippen LogP contribution is -2.46. The number of hydrogen-bond donors (Lipinski definition) is 2. The van der Waals surface area contributed by atoms with Crippen molar-refractivity contribution in [2.75, 3.05) is 43.0 Å². The normalized spacial score (nSPS) is 13.8. The van der Waals surface area contributed by atoms with E-state index in [1.54, 1.807) is 24.3 Å². The van der Waals surface area contributed by atoms with Crippen molar-refractivity contribution >= 4 is 46.2 Å². The summed E-state index contributed by atoms with van der Waals surface area (Å²) in [4.78, 5) is 17.3. The second kappa shape index (κ2) is 12.7. The van der Waals surface area contributed by atoms with Crippen LogP contribution >= 0.6 is 23.8 Å². The number of nitrogens with zero attached hydrogens (tertiary/aromatic N) is 2. The van der Waals surface area contributed by atoms with Gasteiger partial charge in [0.1, 0.15) is 5.75 Å². The summed E-state index contributed by atoms with van der Waals surface area (Å²) in [6.07, 6.45) is 0.935. The number of piperazine rings is 1. The molecule has 1 amide bonds. The first-order valence-electron chi connectivity index (χ1n) is 12.2. The third kappa shape index (κ3) is 7.20. The molecule has 1 saturated heterocycles. The number of benzene rings is 3. The number of halogens is 1. The standard InChI is InChI=1S/C28H31ClN4O2S/c1-2-19-35-25-13-7-21(8-14-25)27(34)31-28(36)30-23-9-11-24(12-10-23)33-17-15-32(16-18-33)20-22-5-3-4-6-26(22)29/h3-14H,2,15-20H2,1H3,(H2,30,31,34,36). The lowest BCUT2D eigenvalue weighted by molar-refractivity contribution is 0.0977. The third-order valence-corrected chi connectivity index (χ3v) is 6.60. The number of carbonyl (C=O) groups is 1. The Morgan fingerprint density at radius 3 is 2.33 bits per heavy atom. The van der Waals surface area contributed by atoms with E-state index in [-0.39, 0.29) is 11.0 Å². The fraction of sp³-hybridized carbons (Fsp3) is 0.286. The highest BCUT2D eigenvalue weighted by atomic mass is 35.5. The zero-order valence-corrected chi connectivity index (χ0v) is 21.9. The van der Waals surface area contributed by atoms with Crippen molar-refractivity contribution in [3.8, 4) is 5.75 Å². The number of carbonyl (C=O) groups excluding carboxylic acids is 1. The molecular weight excluding hydrogens is 492 g/mol. The summed E-state index contributed by atoms with van der Waals surface area (Å²) in [5.41, 5.74) is 3.68. The molecule has 3 aromatic rings. The highest BCUT2D eigenvalue weighted by Gasteiger charge is 2.18. The summed E-state index contributed by atoms with van der Waals surface area (Å²) in [6.45, 7) is 7.44. The van der Waals surface area contributed by atoms with Crippen molar-refractivity contribution < 1.29 is 9.53 Å². The van der Waals surface area contributed by atoms with Gasteiger partial charge in [-0.05, 0) is 78.8 Å². The average molecular weight is 523 g/mol. The van der Waals surface area contributed by atoms with Gasteiger partial charge in [-0.3, -0.25) is 15.0 Å². The molecule has 0 aliphatic carbocycles. The summed E-state index contributed by atoms with van der Waals surface area (Å²) >= 11 is 11.7. The van der Waals surface area contributed by atoms with Gasteiger partial charge in [-0.2, -0.15) is 0 Å². The Morgan fingerprint density at radius 1 is 0.972 bits per heavy atom. The van der Waals surface area contributed by atoms with Crippen LogP contribution in [0.2, 0.25) is 5.02 Å². The molecule has 4 rings (SSSR count). The van der Waals surface area contributed by atoms with Crippen molar-refractivity contribution in [2.45, 2.75) is 19.9 Å². The van der Waals surface area contributed by atoms with Crippen LogP contribution in [0.4, 0.5) is 11.4 Å². The molecule has 188 valence electrons. The van der Waals surface area contributed by atoms with Gasteiger partial charge < -0.3 is 15.0 Å². The van der Waals surface area contributed by atoms with Crippen LogP contribution < -0.4 is 20.3 Å². The largest absolute Gasteiger partial charge is 0.494 e. The molecule has 1 aliphatic heterocycles. The van der Waals surface area contributed by atoms with E-state index in [0.29, 0.717) is 12.2 Å². The molecule has 0 unspecified atom stereocenters. The first kappa shape index (κ1) is 25.9. The maximum Gasteiger partial charge on any atom is 0.257 e. The third-order valence-electron chi connectivity index (χ3n) is 6.03. The summed E-state index contributed by atoms with van der Waals surface area (Å²) in [5.74, 6) is 0.483. The Bertz CT molecular complexity index is 1160. The summed E-state index contributed by atoms with van der Waals surface area (Å²) in [6, 6.07) is 23.2. The van der Waals surface area contributed by atoms with E-state index in [1.165, 1.54) is 11.3 Å². The van der Waals surface area contributed by atoms with E-state index in [2.05, 4.69) is 45.6 Å². The summed E-state index contributed by atoms with van der Waals surface area (Å²) in [5, 5.41) is 6.90. The van der Waals surface area contributed by atoms with Crippen LogP contribution in [0.1, 0.15) is 29.3 Å². The van der Waals surface area contributed by atoms with Crippen molar-refractivity contribution in [1.29, 1.82) is 0 Å². The molecule has 0 aromatic heterocycles. The van der Waals surface area contributed by atoms with Gasteiger partial charge in [0, 0.05) is 54.7 Å². The fourth-order valence-electron chi connectivity index (χ4n) is 4.05. The molecule has 36 heavy (non-hydrogen) atoms. The predicted molar refractivity (Wildman–Crippen MR) is 151 cm³/mol. The smallest absolute Gasteiger partial charge is 0.257 e. The molecule has 0 radical (unpaired) electrons. The monoisotopic (exact) mass is 522 g/mol.